The van der Waals surface area contributed by atoms with E-state index in [0.717, 1.165) is 28.7 Å². The third-order valence-corrected chi connectivity index (χ3v) is 5.46. The molecule has 0 fully saturated rings. The van der Waals surface area contributed by atoms with Crippen molar-refractivity contribution in [3.63, 3.8) is 0 Å². The van der Waals surface area contributed by atoms with Crippen LogP contribution in [-0.2, 0) is 5.41 Å². The van der Waals surface area contributed by atoms with Gasteiger partial charge in [0.05, 0.1) is 16.8 Å². The molecule has 0 atom stereocenters. The lowest BCUT2D eigenvalue weighted by Crippen LogP contribution is -2.25. The minimum atomic E-state index is -0.189. The van der Waals surface area contributed by atoms with Crippen LogP contribution in [0.1, 0.15) is 74.8 Å². The highest BCUT2D eigenvalue weighted by Crippen LogP contribution is 2.48. The lowest BCUT2D eigenvalue weighted by molar-refractivity contribution is 0.515. The van der Waals surface area contributed by atoms with E-state index < -0.39 is 0 Å². The minimum Gasteiger partial charge on any atom is -0.397 e. The summed E-state index contributed by atoms with van der Waals surface area (Å²) >= 11 is 0. The fourth-order valence-electron chi connectivity index (χ4n) is 4.28. The second kappa shape index (κ2) is 6.60. The number of benzene rings is 2. The highest BCUT2D eigenvalue weighted by atomic mass is 14.6. The molecule has 1 aliphatic carbocycles. The zero-order chi connectivity index (χ0) is 19.9. The Labute approximate surface area is 161 Å². The average molecular weight is 355 g/mol. The molecule has 27 heavy (non-hydrogen) atoms. The van der Waals surface area contributed by atoms with Gasteiger partial charge in [-0.1, -0.05) is 63.6 Å². The molecule has 3 nitrogen and oxygen atoms in total. The maximum absolute atomic E-state index is 9.89. The van der Waals surface area contributed by atoms with Gasteiger partial charge in [0.2, 0.25) is 0 Å². The van der Waals surface area contributed by atoms with Crippen LogP contribution >= 0.6 is 0 Å². The first-order valence-electron chi connectivity index (χ1n) is 9.29. The monoisotopic (exact) mass is 355 g/mol. The van der Waals surface area contributed by atoms with E-state index >= 15 is 0 Å². The van der Waals surface area contributed by atoms with Crippen LogP contribution in [0.4, 0.5) is 5.69 Å². The van der Waals surface area contributed by atoms with Crippen molar-refractivity contribution >= 4 is 11.8 Å². The largest absolute Gasteiger partial charge is 0.397 e. The van der Waals surface area contributed by atoms with Crippen LogP contribution < -0.4 is 5.73 Å². The second-order valence-electron chi connectivity index (χ2n) is 8.38. The van der Waals surface area contributed by atoms with E-state index in [0.29, 0.717) is 17.0 Å². The van der Waals surface area contributed by atoms with Crippen molar-refractivity contribution in [2.24, 2.45) is 0 Å². The maximum atomic E-state index is 9.89. The van der Waals surface area contributed by atoms with Gasteiger partial charge in [-0.25, -0.2) is 0 Å². The first-order valence-corrected chi connectivity index (χ1v) is 9.29. The molecule has 2 aromatic rings. The third-order valence-electron chi connectivity index (χ3n) is 5.46. The quantitative estimate of drug-likeness (QED) is 0.683. The molecular formula is C24H25N3. The summed E-state index contributed by atoms with van der Waals surface area (Å²) in [6.07, 6.45) is 2.94. The molecule has 0 saturated heterocycles. The van der Waals surface area contributed by atoms with Crippen molar-refractivity contribution in [2.45, 2.75) is 52.4 Å². The van der Waals surface area contributed by atoms with E-state index in [1.807, 2.05) is 0 Å². The number of nitriles is 2. The number of nitrogens with zero attached hydrogens (tertiary/aromatic N) is 2. The summed E-state index contributed by atoms with van der Waals surface area (Å²) in [5.41, 5.74) is 13.4. The summed E-state index contributed by atoms with van der Waals surface area (Å²) in [6.45, 7) is 10.7. The highest BCUT2D eigenvalue weighted by Gasteiger charge is 2.35. The molecule has 0 amide bonds. The highest BCUT2D eigenvalue weighted by molar-refractivity contribution is 5.90. The lowest BCUT2D eigenvalue weighted by atomic mass is 9.68. The van der Waals surface area contributed by atoms with Crippen molar-refractivity contribution in [2.75, 3.05) is 5.73 Å². The van der Waals surface area contributed by atoms with Crippen LogP contribution in [0.15, 0.2) is 29.8 Å². The van der Waals surface area contributed by atoms with E-state index in [2.05, 4.69) is 77.1 Å². The predicted octanol–water partition coefficient (Wildman–Crippen LogP) is 5.89. The van der Waals surface area contributed by atoms with Gasteiger partial charge >= 0.3 is 0 Å². The van der Waals surface area contributed by atoms with Gasteiger partial charge in [-0.05, 0) is 46.9 Å². The molecule has 3 heteroatoms. The molecular weight excluding hydrogens is 330 g/mol. The Morgan fingerprint density at radius 1 is 1.04 bits per heavy atom. The third kappa shape index (κ3) is 3.00. The normalized spacial score (nSPS) is 14.9. The van der Waals surface area contributed by atoms with Gasteiger partial charge in [-0.15, -0.1) is 0 Å². The van der Waals surface area contributed by atoms with E-state index in [1.54, 1.807) is 0 Å². The molecule has 0 radical (unpaired) electrons. The van der Waals surface area contributed by atoms with Crippen molar-refractivity contribution in [1.29, 1.82) is 10.5 Å². The Kier molecular flexibility index (Phi) is 4.58. The van der Waals surface area contributed by atoms with Crippen molar-refractivity contribution in [3.05, 3.63) is 57.7 Å². The maximum Gasteiger partial charge on any atom is 0.102 e. The SMILES string of the molecule is CC1=Cc2c(C#N)c(N)c(C#N)c(-c3ccc(C(C)C)cc3)c2C(C)(C)C1. The van der Waals surface area contributed by atoms with Gasteiger partial charge in [0.15, 0.2) is 0 Å². The standard InChI is InChI=1S/C24H25N3/c1-14(2)16-6-8-17(9-7-16)21-20(13-26)23(27)19(12-25)18-10-15(3)11-24(4,5)22(18)21/h6-10,14H,11,27H2,1-5H3. The van der Waals surface area contributed by atoms with Gasteiger partial charge in [0.1, 0.15) is 12.1 Å². The molecule has 0 heterocycles. The fourth-order valence-corrected chi connectivity index (χ4v) is 4.28. The summed E-state index contributed by atoms with van der Waals surface area (Å²) in [5.74, 6) is 0.441. The zero-order valence-electron chi connectivity index (χ0n) is 16.6. The number of allylic oxidation sites excluding steroid dienone is 1. The molecule has 0 unspecified atom stereocenters. The molecule has 0 bridgehead atoms. The van der Waals surface area contributed by atoms with E-state index in [4.69, 9.17) is 5.73 Å². The van der Waals surface area contributed by atoms with Gasteiger partial charge in [0, 0.05) is 5.56 Å². The Hall–Kier alpha value is -3.04. The molecule has 2 aromatic carbocycles. The van der Waals surface area contributed by atoms with Crippen molar-refractivity contribution in [3.8, 4) is 23.3 Å². The number of rotatable bonds is 2. The van der Waals surface area contributed by atoms with E-state index in [1.165, 1.54) is 11.1 Å². The van der Waals surface area contributed by atoms with Gasteiger partial charge < -0.3 is 5.73 Å². The first-order chi connectivity index (χ1) is 12.7. The molecule has 0 aromatic heterocycles. The summed E-state index contributed by atoms with van der Waals surface area (Å²) in [7, 11) is 0. The number of nitrogens with two attached hydrogens (primary N) is 1. The van der Waals surface area contributed by atoms with Crippen LogP contribution in [0.3, 0.4) is 0 Å². The number of hydrogen-bond donors (Lipinski definition) is 1. The molecule has 0 saturated carbocycles. The van der Waals surface area contributed by atoms with Crippen LogP contribution in [0, 0.1) is 22.7 Å². The van der Waals surface area contributed by atoms with E-state index in [-0.39, 0.29) is 11.1 Å². The first kappa shape index (κ1) is 18.7. The van der Waals surface area contributed by atoms with Crippen LogP contribution in [0.2, 0.25) is 0 Å². The van der Waals surface area contributed by atoms with Crippen LogP contribution in [0.5, 0.6) is 0 Å². The topological polar surface area (TPSA) is 73.6 Å². The molecule has 1 aliphatic rings. The average Bonchev–Trinajstić information content (AvgIpc) is 2.60. The molecule has 136 valence electrons. The molecule has 0 spiro atoms. The Morgan fingerprint density at radius 3 is 2.15 bits per heavy atom. The minimum absolute atomic E-state index is 0.189. The second-order valence-corrected chi connectivity index (χ2v) is 8.38. The Balaban J connectivity index is 2.45. The molecule has 0 aliphatic heterocycles. The van der Waals surface area contributed by atoms with Gasteiger partial charge in [-0.2, -0.15) is 10.5 Å². The summed E-state index contributed by atoms with van der Waals surface area (Å²) in [5, 5.41) is 19.6. The number of hydrogen-bond acceptors (Lipinski definition) is 3. The number of nitrogen functional groups attached to an aromatic ring is 1. The molecule has 3 rings (SSSR count). The van der Waals surface area contributed by atoms with Crippen LogP contribution in [-0.4, -0.2) is 0 Å². The smallest absolute Gasteiger partial charge is 0.102 e. The van der Waals surface area contributed by atoms with Gasteiger partial charge in [-0.3, -0.25) is 0 Å². The van der Waals surface area contributed by atoms with Crippen molar-refractivity contribution < 1.29 is 0 Å². The predicted molar refractivity (Wildman–Crippen MR) is 111 cm³/mol. The van der Waals surface area contributed by atoms with Gasteiger partial charge in [0.25, 0.3) is 0 Å². The summed E-state index contributed by atoms with van der Waals surface area (Å²) in [6, 6.07) is 12.9. The molecule has 2 N–H and O–H groups in total. The van der Waals surface area contributed by atoms with E-state index in [9.17, 15) is 10.5 Å². The number of anilines is 1. The lowest BCUT2D eigenvalue weighted by Gasteiger charge is -2.35. The van der Waals surface area contributed by atoms with Crippen LogP contribution in [0.25, 0.3) is 17.2 Å². The number of fused-ring (bicyclic) bond motifs is 1. The summed E-state index contributed by atoms with van der Waals surface area (Å²) in [4.78, 5) is 0. The fraction of sp³-hybridized carbons (Fsp3) is 0.333. The zero-order valence-corrected chi connectivity index (χ0v) is 16.6. The van der Waals surface area contributed by atoms with Crippen molar-refractivity contribution in [1.82, 2.24) is 0 Å². The summed E-state index contributed by atoms with van der Waals surface area (Å²) < 4.78 is 0. The Morgan fingerprint density at radius 2 is 1.63 bits per heavy atom. The Bertz CT molecular complexity index is 1020.